The summed E-state index contributed by atoms with van der Waals surface area (Å²) in [4.78, 5) is 21.2. The minimum atomic E-state index is 0.0741. The van der Waals surface area contributed by atoms with E-state index in [9.17, 15) is 4.79 Å². The van der Waals surface area contributed by atoms with E-state index in [1.54, 1.807) is 13.3 Å². The SMILES string of the molecule is COc1ccc(N2CCN(C(=O)c3ccc4nccn4c3)CC2)cc1. The standard InChI is InChI=1S/C19H20N4O2/c1-25-17-5-3-16(4-6-17)21-10-12-22(13-11-21)19(24)15-2-7-18-20-8-9-23(18)14-15/h2-9,14H,10-13H2,1H3. The Morgan fingerprint density at radius 2 is 1.80 bits per heavy atom. The number of imidazole rings is 1. The van der Waals surface area contributed by atoms with Gasteiger partial charge in [-0.05, 0) is 36.4 Å². The van der Waals surface area contributed by atoms with E-state index in [1.807, 2.05) is 46.0 Å². The van der Waals surface area contributed by atoms with Crippen molar-refractivity contribution in [2.75, 3.05) is 38.2 Å². The lowest BCUT2D eigenvalue weighted by Crippen LogP contribution is -2.48. The number of fused-ring (bicyclic) bond motifs is 1. The van der Waals surface area contributed by atoms with Crippen molar-refractivity contribution in [3.05, 3.63) is 60.6 Å². The van der Waals surface area contributed by atoms with Crippen LogP contribution in [0.4, 0.5) is 5.69 Å². The van der Waals surface area contributed by atoms with E-state index < -0.39 is 0 Å². The Kier molecular flexibility index (Phi) is 4.01. The molecule has 0 N–H and O–H groups in total. The smallest absolute Gasteiger partial charge is 0.255 e. The number of hydrogen-bond acceptors (Lipinski definition) is 4. The molecule has 0 saturated carbocycles. The zero-order valence-electron chi connectivity index (χ0n) is 14.1. The molecular formula is C19H20N4O2. The van der Waals surface area contributed by atoms with Gasteiger partial charge in [-0.2, -0.15) is 0 Å². The van der Waals surface area contributed by atoms with Gasteiger partial charge in [0.2, 0.25) is 0 Å². The lowest BCUT2D eigenvalue weighted by molar-refractivity contribution is 0.0746. The second kappa shape index (κ2) is 6.47. The van der Waals surface area contributed by atoms with Crippen molar-refractivity contribution in [1.29, 1.82) is 0 Å². The summed E-state index contributed by atoms with van der Waals surface area (Å²) in [5, 5.41) is 0. The maximum atomic E-state index is 12.7. The van der Waals surface area contributed by atoms with Crippen LogP contribution in [0, 0.1) is 0 Å². The van der Waals surface area contributed by atoms with Crippen LogP contribution in [0.1, 0.15) is 10.4 Å². The fourth-order valence-corrected chi connectivity index (χ4v) is 3.19. The molecule has 0 aliphatic carbocycles. The molecule has 1 amide bonds. The quantitative estimate of drug-likeness (QED) is 0.736. The summed E-state index contributed by atoms with van der Waals surface area (Å²) >= 11 is 0. The van der Waals surface area contributed by atoms with E-state index >= 15 is 0 Å². The molecule has 3 heterocycles. The van der Waals surface area contributed by atoms with Crippen LogP contribution in [0.2, 0.25) is 0 Å². The summed E-state index contributed by atoms with van der Waals surface area (Å²) in [7, 11) is 1.67. The summed E-state index contributed by atoms with van der Waals surface area (Å²) in [5.41, 5.74) is 2.71. The Bertz CT molecular complexity index is 880. The molecule has 0 atom stereocenters. The highest BCUT2D eigenvalue weighted by molar-refractivity contribution is 5.94. The van der Waals surface area contributed by atoms with Gasteiger partial charge < -0.3 is 18.9 Å². The summed E-state index contributed by atoms with van der Waals surface area (Å²) < 4.78 is 7.08. The van der Waals surface area contributed by atoms with Gasteiger partial charge in [0.05, 0.1) is 12.7 Å². The van der Waals surface area contributed by atoms with Crippen molar-refractivity contribution in [2.45, 2.75) is 0 Å². The first-order valence-corrected chi connectivity index (χ1v) is 8.35. The average molecular weight is 336 g/mol. The molecule has 1 aromatic carbocycles. The number of ether oxygens (including phenoxy) is 1. The summed E-state index contributed by atoms with van der Waals surface area (Å²) in [6, 6.07) is 11.8. The molecule has 4 rings (SSSR count). The molecule has 0 unspecified atom stereocenters. The molecular weight excluding hydrogens is 316 g/mol. The van der Waals surface area contributed by atoms with Crippen LogP contribution >= 0.6 is 0 Å². The second-order valence-electron chi connectivity index (χ2n) is 6.09. The molecule has 1 fully saturated rings. The fraction of sp³-hybridized carbons (Fsp3) is 0.263. The summed E-state index contributed by atoms with van der Waals surface area (Å²) in [6.45, 7) is 3.08. The van der Waals surface area contributed by atoms with Gasteiger partial charge in [-0.15, -0.1) is 0 Å². The van der Waals surface area contributed by atoms with Crippen molar-refractivity contribution in [3.8, 4) is 5.75 Å². The van der Waals surface area contributed by atoms with Crippen LogP contribution in [0.25, 0.3) is 5.65 Å². The number of methoxy groups -OCH3 is 1. The van der Waals surface area contributed by atoms with Crippen LogP contribution in [0.5, 0.6) is 5.75 Å². The third kappa shape index (κ3) is 3.03. The Balaban J connectivity index is 1.42. The van der Waals surface area contributed by atoms with Gasteiger partial charge >= 0.3 is 0 Å². The van der Waals surface area contributed by atoms with E-state index in [0.29, 0.717) is 18.7 Å². The van der Waals surface area contributed by atoms with Gasteiger partial charge in [0.15, 0.2) is 0 Å². The number of nitrogens with zero attached hydrogens (tertiary/aromatic N) is 4. The third-order valence-corrected chi connectivity index (χ3v) is 4.64. The van der Waals surface area contributed by atoms with E-state index in [4.69, 9.17) is 4.74 Å². The van der Waals surface area contributed by atoms with Crippen LogP contribution in [-0.2, 0) is 0 Å². The molecule has 3 aromatic rings. The first kappa shape index (κ1) is 15.5. The highest BCUT2D eigenvalue weighted by Crippen LogP contribution is 2.21. The minimum Gasteiger partial charge on any atom is -0.497 e. The van der Waals surface area contributed by atoms with Crippen molar-refractivity contribution < 1.29 is 9.53 Å². The lowest BCUT2D eigenvalue weighted by atomic mass is 10.2. The first-order valence-electron chi connectivity index (χ1n) is 8.35. The second-order valence-corrected chi connectivity index (χ2v) is 6.09. The van der Waals surface area contributed by atoms with Gasteiger partial charge in [-0.25, -0.2) is 4.98 Å². The highest BCUT2D eigenvalue weighted by Gasteiger charge is 2.22. The molecule has 25 heavy (non-hydrogen) atoms. The predicted octanol–water partition coefficient (Wildman–Crippen LogP) is 2.31. The lowest BCUT2D eigenvalue weighted by Gasteiger charge is -2.36. The number of rotatable bonds is 3. The van der Waals surface area contributed by atoms with Crippen molar-refractivity contribution in [3.63, 3.8) is 0 Å². The first-order chi connectivity index (χ1) is 12.2. The van der Waals surface area contributed by atoms with E-state index in [0.717, 1.165) is 30.2 Å². The van der Waals surface area contributed by atoms with Crippen molar-refractivity contribution in [1.82, 2.24) is 14.3 Å². The zero-order valence-corrected chi connectivity index (χ0v) is 14.1. The van der Waals surface area contributed by atoms with Gasteiger partial charge in [0.1, 0.15) is 11.4 Å². The Morgan fingerprint density at radius 1 is 1.04 bits per heavy atom. The van der Waals surface area contributed by atoms with Crippen molar-refractivity contribution >= 4 is 17.2 Å². The predicted molar refractivity (Wildman–Crippen MR) is 96.3 cm³/mol. The molecule has 6 nitrogen and oxygen atoms in total. The van der Waals surface area contributed by atoms with Crippen LogP contribution in [-0.4, -0.2) is 53.5 Å². The number of pyridine rings is 1. The number of carbonyl (C=O) groups is 1. The molecule has 2 aromatic heterocycles. The van der Waals surface area contributed by atoms with E-state index in [2.05, 4.69) is 22.0 Å². The number of anilines is 1. The maximum Gasteiger partial charge on any atom is 0.255 e. The van der Waals surface area contributed by atoms with E-state index in [-0.39, 0.29) is 5.91 Å². The highest BCUT2D eigenvalue weighted by atomic mass is 16.5. The molecule has 6 heteroatoms. The number of hydrogen-bond donors (Lipinski definition) is 0. The third-order valence-electron chi connectivity index (χ3n) is 4.64. The van der Waals surface area contributed by atoms with Gasteiger partial charge in [-0.1, -0.05) is 0 Å². The van der Waals surface area contributed by atoms with Crippen LogP contribution < -0.4 is 9.64 Å². The molecule has 1 saturated heterocycles. The number of aromatic nitrogens is 2. The van der Waals surface area contributed by atoms with Crippen LogP contribution in [0.15, 0.2) is 55.0 Å². The monoisotopic (exact) mass is 336 g/mol. The normalized spacial score (nSPS) is 14.8. The Labute approximate surface area is 146 Å². The minimum absolute atomic E-state index is 0.0741. The van der Waals surface area contributed by atoms with Crippen LogP contribution in [0.3, 0.4) is 0 Å². The molecule has 128 valence electrons. The Morgan fingerprint density at radius 3 is 2.52 bits per heavy atom. The molecule has 1 aliphatic rings. The van der Waals surface area contributed by atoms with Gasteiger partial charge in [0.25, 0.3) is 5.91 Å². The van der Waals surface area contributed by atoms with Crippen molar-refractivity contribution in [2.24, 2.45) is 0 Å². The molecule has 0 radical (unpaired) electrons. The molecule has 0 spiro atoms. The average Bonchev–Trinajstić information content (AvgIpc) is 3.15. The Hall–Kier alpha value is -3.02. The largest absolute Gasteiger partial charge is 0.497 e. The number of amides is 1. The number of carbonyl (C=O) groups excluding carboxylic acids is 1. The van der Waals surface area contributed by atoms with Gasteiger partial charge in [0, 0.05) is 50.5 Å². The molecule has 1 aliphatic heterocycles. The zero-order chi connectivity index (χ0) is 17.2. The molecule has 0 bridgehead atoms. The topological polar surface area (TPSA) is 50.1 Å². The summed E-state index contributed by atoms with van der Waals surface area (Å²) in [5.74, 6) is 0.928. The number of piperazine rings is 1. The summed E-state index contributed by atoms with van der Waals surface area (Å²) in [6.07, 6.45) is 5.44. The fourth-order valence-electron chi connectivity index (χ4n) is 3.19. The van der Waals surface area contributed by atoms with Gasteiger partial charge in [-0.3, -0.25) is 4.79 Å². The maximum absolute atomic E-state index is 12.7. The van der Waals surface area contributed by atoms with E-state index in [1.165, 1.54) is 0 Å². The number of benzene rings is 1.